The largest absolute Gasteiger partial charge is 0.295 e. The van der Waals surface area contributed by atoms with E-state index in [9.17, 15) is 13.2 Å². The minimum atomic E-state index is -3.61. The average Bonchev–Trinajstić information content (AvgIpc) is 2.65. The number of anilines is 1. The highest BCUT2D eigenvalue weighted by molar-refractivity contribution is 7.89. The Bertz CT molecular complexity index is 663. The molecule has 1 atom stereocenters. The predicted molar refractivity (Wildman–Crippen MR) is 77.4 cm³/mol. The highest BCUT2D eigenvalue weighted by Crippen LogP contribution is 2.34. The van der Waals surface area contributed by atoms with Crippen LogP contribution in [-0.2, 0) is 14.8 Å². The summed E-state index contributed by atoms with van der Waals surface area (Å²) >= 11 is 12.0. The van der Waals surface area contributed by atoms with Crippen LogP contribution in [0.4, 0.5) is 5.82 Å². The van der Waals surface area contributed by atoms with Crippen molar-refractivity contribution in [2.45, 2.75) is 13.3 Å². The van der Waals surface area contributed by atoms with Crippen molar-refractivity contribution >= 4 is 45.0 Å². The van der Waals surface area contributed by atoms with E-state index in [1.54, 1.807) is 6.92 Å². The maximum absolute atomic E-state index is 12.0. The van der Waals surface area contributed by atoms with Gasteiger partial charge in [-0.3, -0.25) is 9.69 Å². The van der Waals surface area contributed by atoms with Gasteiger partial charge in [0, 0.05) is 25.1 Å². The Morgan fingerprint density at radius 2 is 2.15 bits per heavy atom. The summed E-state index contributed by atoms with van der Waals surface area (Å²) in [5, 5.41) is 5.70. The monoisotopic (exact) mass is 337 g/mol. The van der Waals surface area contributed by atoms with Crippen molar-refractivity contribution in [2.24, 2.45) is 11.1 Å². The van der Waals surface area contributed by atoms with Gasteiger partial charge in [0.2, 0.25) is 15.9 Å². The lowest BCUT2D eigenvalue weighted by molar-refractivity contribution is -0.117. The van der Waals surface area contributed by atoms with E-state index in [2.05, 4.69) is 4.98 Å². The number of nitrogens with zero attached hydrogens (tertiary/aromatic N) is 2. The quantitative estimate of drug-likeness (QED) is 0.900. The molecule has 0 aliphatic carbocycles. The second-order valence-electron chi connectivity index (χ2n) is 4.77. The first-order valence-electron chi connectivity index (χ1n) is 5.80. The first kappa shape index (κ1) is 15.5. The molecule has 2 heterocycles. The van der Waals surface area contributed by atoms with Gasteiger partial charge < -0.3 is 0 Å². The molecule has 1 aliphatic heterocycles. The van der Waals surface area contributed by atoms with Gasteiger partial charge in [-0.1, -0.05) is 23.2 Å². The van der Waals surface area contributed by atoms with Gasteiger partial charge in [-0.2, -0.15) is 0 Å². The summed E-state index contributed by atoms with van der Waals surface area (Å²) < 4.78 is 22.2. The van der Waals surface area contributed by atoms with Gasteiger partial charge >= 0.3 is 0 Å². The molecular weight excluding hydrogens is 325 g/mol. The van der Waals surface area contributed by atoms with E-state index in [-0.39, 0.29) is 30.5 Å². The molecule has 1 unspecified atom stereocenters. The molecule has 0 aromatic carbocycles. The summed E-state index contributed by atoms with van der Waals surface area (Å²) in [6.45, 7) is 1.95. The number of carbonyl (C=O) groups is 1. The smallest absolute Gasteiger partial charge is 0.228 e. The van der Waals surface area contributed by atoms with Crippen molar-refractivity contribution in [3.8, 4) is 0 Å². The molecule has 1 aliphatic rings. The molecule has 1 aromatic rings. The van der Waals surface area contributed by atoms with E-state index in [0.29, 0.717) is 21.4 Å². The van der Waals surface area contributed by atoms with E-state index in [0.717, 1.165) is 0 Å². The van der Waals surface area contributed by atoms with Crippen LogP contribution in [0.5, 0.6) is 0 Å². The molecule has 1 aromatic heterocycles. The van der Waals surface area contributed by atoms with Crippen LogP contribution in [0, 0.1) is 12.8 Å². The second kappa shape index (κ2) is 5.48. The van der Waals surface area contributed by atoms with E-state index < -0.39 is 10.0 Å². The normalized spacial score (nSPS) is 19.7. The Morgan fingerprint density at radius 3 is 2.75 bits per heavy atom. The molecule has 1 saturated heterocycles. The number of sulfonamides is 1. The summed E-state index contributed by atoms with van der Waals surface area (Å²) in [5.41, 5.74) is 0.626. The summed E-state index contributed by atoms with van der Waals surface area (Å²) in [7, 11) is -3.61. The van der Waals surface area contributed by atoms with Crippen LogP contribution < -0.4 is 10.0 Å². The number of aromatic nitrogens is 1. The highest BCUT2D eigenvalue weighted by atomic mass is 35.5. The van der Waals surface area contributed by atoms with Crippen molar-refractivity contribution in [3.63, 3.8) is 0 Å². The van der Waals surface area contributed by atoms with Gasteiger partial charge in [0.05, 0.1) is 15.8 Å². The minimum Gasteiger partial charge on any atom is -0.295 e. The summed E-state index contributed by atoms with van der Waals surface area (Å²) in [6, 6.07) is 0. The first-order chi connectivity index (χ1) is 9.19. The number of halogens is 2. The third-order valence-electron chi connectivity index (χ3n) is 3.11. The number of pyridine rings is 1. The van der Waals surface area contributed by atoms with Crippen LogP contribution in [0.1, 0.15) is 12.0 Å². The Balaban J connectivity index is 2.27. The topological polar surface area (TPSA) is 93.4 Å². The molecule has 9 heteroatoms. The molecule has 0 radical (unpaired) electrons. The Morgan fingerprint density at radius 1 is 1.50 bits per heavy atom. The summed E-state index contributed by atoms with van der Waals surface area (Å²) in [6.07, 6.45) is 1.52. The molecule has 2 N–H and O–H groups in total. The van der Waals surface area contributed by atoms with Gasteiger partial charge in [0.1, 0.15) is 0 Å². The van der Waals surface area contributed by atoms with Crippen molar-refractivity contribution < 1.29 is 13.2 Å². The van der Waals surface area contributed by atoms with Crippen LogP contribution in [0.2, 0.25) is 10.0 Å². The Hall–Kier alpha value is -0.890. The molecular formula is C11H13Cl2N3O3S. The lowest BCUT2D eigenvalue weighted by atomic mass is 10.1. The fourth-order valence-corrected chi connectivity index (χ4v) is 3.48. The third kappa shape index (κ3) is 3.22. The zero-order chi connectivity index (χ0) is 15.1. The first-order valence-corrected chi connectivity index (χ1v) is 8.27. The lowest BCUT2D eigenvalue weighted by Gasteiger charge is -2.18. The summed E-state index contributed by atoms with van der Waals surface area (Å²) in [4.78, 5) is 17.4. The average molecular weight is 338 g/mol. The number of hydrogen-bond acceptors (Lipinski definition) is 4. The van der Waals surface area contributed by atoms with Gasteiger partial charge in [0.15, 0.2) is 5.82 Å². The van der Waals surface area contributed by atoms with Gasteiger partial charge in [-0.05, 0) is 12.5 Å². The number of amides is 1. The molecule has 0 saturated carbocycles. The number of carbonyl (C=O) groups excluding carboxylic acids is 1. The van der Waals surface area contributed by atoms with Gasteiger partial charge in [-0.15, -0.1) is 0 Å². The van der Waals surface area contributed by atoms with E-state index in [1.165, 1.54) is 11.1 Å². The van der Waals surface area contributed by atoms with Crippen molar-refractivity contribution in [2.75, 3.05) is 17.2 Å². The highest BCUT2D eigenvalue weighted by Gasteiger charge is 2.34. The van der Waals surface area contributed by atoms with E-state index >= 15 is 0 Å². The fraction of sp³-hybridized carbons (Fsp3) is 0.455. The molecule has 1 amide bonds. The lowest BCUT2D eigenvalue weighted by Crippen LogP contribution is -2.28. The zero-order valence-corrected chi connectivity index (χ0v) is 13.0. The molecule has 0 bridgehead atoms. The maximum Gasteiger partial charge on any atom is 0.228 e. The van der Waals surface area contributed by atoms with Gasteiger partial charge in [0.25, 0.3) is 0 Å². The molecule has 0 spiro atoms. The minimum absolute atomic E-state index is 0.107. The summed E-state index contributed by atoms with van der Waals surface area (Å²) in [5.74, 6) is -0.518. The SMILES string of the molecule is Cc1c(Cl)cnc(N2CC(CS(N)(=O)=O)CC2=O)c1Cl. The number of rotatable bonds is 3. The number of hydrogen-bond donors (Lipinski definition) is 1. The Kier molecular flexibility index (Phi) is 4.24. The molecule has 6 nitrogen and oxygen atoms in total. The maximum atomic E-state index is 12.0. The number of primary sulfonamides is 1. The Labute approximate surface area is 126 Å². The van der Waals surface area contributed by atoms with Crippen molar-refractivity contribution in [3.05, 3.63) is 21.8 Å². The molecule has 110 valence electrons. The van der Waals surface area contributed by atoms with E-state index in [1.807, 2.05) is 0 Å². The molecule has 1 fully saturated rings. The van der Waals surface area contributed by atoms with Crippen LogP contribution >= 0.6 is 23.2 Å². The third-order valence-corrected chi connectivity index (χ3v) is 4.88. The predicted octanol–water partition coefficient (Wildman–Crippen LogP) is 1.34. The molecule has 2 rings (SSSR count). The standard InChI is InChI=1S/C11H13Cl2N3O3S/c1-6-8(12)3-15-11(10(6)13)16-4-7(2-9(16)17)5-20(14,18)19/h3,7H,2,4-5H2,1H3,(H2,14,18,19). The van der Waals surface area contributed by atoms with Crippen LogP contribution in [0.15, 0.2) is 6.20 Å². The van der Waals surface area contributed by atoms with Gasteiger partial charge in [-0.25, -0.2) is 18.5 Å². The zero-order valence-electron chi connectivity index (χ0n) is 10.6. The number of nitrogens with two attached hydrogens (primary N) is 1. The van der Waals surface area contributed by atoms with Crippen molar-refractivity contribution in [1.82, 2.24) is 4.98 Å². The second-order valence-corrected chi connectivity index (χ2v) is 7.22. The van der Waals surface area contributed by atoms with Crippen molar-refractivity contribution in [1.29, 1.82) is 0 Å². The van der Waals surface area contributed by atoms with E-state index in [4.69, 9.17) is 28.3 Å². The van der Waals surface area contributed by atoms with Crippen LogP contribution in [-0.4, -0.2) is 31.6 Å². The van der Waals surface area contributed by atoms with Crippen LogP contribution in [0.25, 0.3) is 0 Å². The molecule has 20 heavy (non-hydrogen) atoms. The van der Waals surface area contributed by atoms with Crippen LogP contribution in [0.3, 0.4) is 0 Å². The fourth-order valence-electron chi connectivity index (χ4n) is 2.16.